The molecule has 0 spiro atoms. The number of methoxy groups -OCH3 is 1. The predicted octanol–water partition coefficient (Wildman–Crippen LogP) is 2.61. The van der Waals surface area contributed by atoms with E-state index in [0.717, 1.165) is 0 Å². The standard InChI is InChI=1S/C21H23FN4O4/c1-4-30-19(16-8-7-15(29-3)10-17(16)22)20(27)25-12-14-6-5-13(11-23)9-18(14)26(2)21(24)28/h5-10,19H,4,12H2,1-3H3,(H2,24,28)(H,25,27). The van der Waals surface area contributed by atoms with Crippen LogP contribution < -0.4 is 20.7 Å². The minimum atomic E-state index is -1.17. The lowest BCUT2D eigenvalue weighted by Gasteiger charge is -2.21. The van der Waals surface area contributed by atoms with Gasteiger partial charge in [-0.2, -0.15) is 5.26 Å². The molecule has 0 heterocycles. The third-order valence-electron chi connectivity index (χ3n) is 4.42. The fourth-order valence-corrected chi connectivity index (χ4v) is 2.81. The fraction of sp³-hybridized carbons (Fsp3) is 0.286. The first-order valence-corrected chi connectivity index (χ1v) is 9.11. The lowest BCUT2D eigenvalue weighted by atomic mass is 10.1. The molecule has 158 valence electrons. The molecule has 2 rings (SSSR count). The van der Waals surface area contributed by atoms with Gasteiger partial charge in [0.1, 0.15) is 11.6 Å². The number of benzene rings is 2. The number of amides is 3. The van der Waals surface area contributed by atoms with Crippen molar-refractivity contribution in [2.75, 3.05) is 25.7 Å². The van der Waals surface area contributed by atoms with Gasteiger partial charge in [0.15, 0.2) is 6.10 Å². The molecule has 0 aliphatic heterocycles. The molecule has 30 heavy (non-hydrogen) atoms. The number of nitrogens with one attached hydrogen (secondary N) is 1. The van der Waals surface area contributed by atoms with E-state index >= 15 is 0 Å². The first-order chi connectivity index (χ1) is 14.3. The third kappa shape index (κ3) is 5.24. The Bertz CT molecular complexity index is 974. The van der Waals surface area contributed by atoms with Crippen LogP contribution >= 0.6 is 0 Å². The molecule has 3 N–H and O–H groups in total. The molecule has 0 aliphatic carbocycles. The molecule has 0 bridgehead atoms. The molecule has 1 unspecified atom stereocenters. The van der Waals surface area contributed by atoms with Gasteiger partial charge in [-0.25, -0.2) is 9.18 Å². The summed E-state index contributed by atoms with van der Waals surface area (Å²) in [5.74, 6) is -0.864. The molecule has 2 aromatic rings. The molecular formula is C21H23FN4O4. The number of carbonyl (C=O) groups excluding carboxylic acids is 2. The molecule has 0 saturated heterocycles. The number of halogens is 1. The zero-order chi connectivity index (χ0) is 22.3. The van der Waals surface area contributed by atoms with E-state index in [1.807, 2.05) is 6.07 Å². The van der Waals surface area contributed by atoms with Gasteiger partial charge in [-0.3, -0.25) is 9.69 Å². The molecule has 0 aliphatic rings. The van der Waals surface area contributed by atoms with E-state index in [-0.39, 0.29) is 18.7 Å². The number of ether oxygens (including phenoxy) is 2. The number of nitrogens with two attached hydrogens (primary N) is 1. The average molecular weight is 414 g/mol. The van der Waals surface area contributed by atoms with Crippen LogP contribution in [-0.4, -0.2) is 32.7 Å². The van der Waals surface area contributed by atoms with Gasteiger partial charge < -0.3 is 20.5 Å². The second-order valence-electron chi connectivity index (χ2n) is 6.29. The van der Waals surface area contributed by atoms with E-state index in [2.05, 4.69) is 5.32 Å². The van der Waals surface area contributed by atoms with E-state index in [1.54, 1.807) is 19.1 Å². The first kappa shape index (κ1) is 22.6. The Morgan fingerprint density at radius 1 is 1.30 bits per heavy atom. The Kier molecular flexibility index (Phi) is 7.72. The number of carbonyl (C=O) groups is 2. The minimum Gasteiger partial charge on any atom is -0.497 e. The van der Waals surface area contributed by atoms with Crippen molar-refractivity contribution in [1.29, 1.82) is 5.26 Å². The topological polar surface area (TPSA) is 118 Å². The summed E-state index contributed by atoms with van der Waals surface area (Å²) in [4.78, 5) is 25.5. The van der Waals surface area contributed by atoms with Gasteiger partial charge in [0, 0.05) is 31.8 Å². The predicted molar refractivity (Wildman–Crippen MR) is 108 cm³/mol. The number of anilines is 1. The number of nitriles is 1. The summed E-state index contributed by atoms with van der Waals surface area (Å²) in [5.41, 5.74) is 6.67. The summed E-state index contributed by atoms with van der Waals surface area (Å²) in [5, 5.41) is 11.8. The summed E-state index contributed by atoms with van der Waals surface area (Å²) in [6.07, 6.45) is -1.17. The van der Waals surface area contributed by atoms with E-state index in [4.69, 9.17) is 20.5 Å². The number of rotatable bonds is 8. The number of primary amides is 1. The third-order valence-corrected chi connectivity index (χ3v) is 4.42. The summed E-state index contributed by atoms with van der Waals surface area (Å²) in [6.45, 7) is 1.90. The van der Waals surface area contributed by atoms with E-state index in [0.29, 0.717) is 22.6 Å². The number of urea groups is 1. The van der Waals surface area contributed by atoms with E-state index in [1.165, 1.54) is 43.3 Å². The van der Waals surface area contributed by atoms with Crippen LogP contribution in [0, 0.1) is 17.1 Å². The highest BCUT2D eigenvalue weighted by Gasteiger charge is 2.25. The van der Waals surface area contributed by atoms with Crippen LogP contribution in [0.3, 0.4) is 0 Å². The maximum absolute atomic E-state index is 14.4. The minimum absolute atomic E-state index is 0.0127. The smallest absolute Gasteiger partial charge is 0.319 e. The van der Waals surface area contributed by atoms with E-state index in [9.17, 15) is 14.0 Å². The molecule has 8 nitrogen and oxygen atoms in total. The second kappa shape index (κ2) is 10.2. The number of nitrogens with zero attached hydrogens (tertiary/aromatic N) is 2. The highest BCUT2D eigenvalue weighted by molar-refractivity contribution is 5.91. The van der Waals surface area contributed by atoms with Gasteiger partial charge in [-0.05, 0) is 36.8 Å². The van der Waals surface area contributed by atoms with Gasteiger partial charge in [0.05, 0.1) is 24.4 Å². The van der Waals surface area contributed by atoms with Crippen LogP contribution in [0.2, 0.25) is 0 Å². The maximum Gasteiger partial charge on any atom is 0.319 e. The van der Waals surface area contributed by atoms with Gasteiger partial charge >= 0.3 is 6.03 Å². The SMILES string of the molecule is CCOC(C(=O)NCc1ccc(C#N)cc1N(C)C(N)=O)c1ccc(OC)cc1F. The Balaban J connectivity index is 2.26. The van der Waals surface area contributed by atoms with Crippen molar-refractivity contribution in [2.45, 2.75) is 19.6 Å². The molecule has 0 aromatic heterocycles. The summed E-state index contributed by atoms with van der Waals surface area (Å²) >= 11 is 0. The Labute approximate surface area is 174 Å². The van der Waals surface area contributed by atoms with Crippen molar-refractivity contribution in [3.05, 3.63) is 58.9 Å². The largest absolute Gasteiger partial charge is 0.497 e. The Morgan fingerprint density at radius 3 is 2.60 bits per heavy atom. The first-order valence-electron chi connectivity index (χ1n) is 9.11. The van der Waals surface area contributed by atoms with Crippen molar-refractivity contribution in [2.24, 2.45) is 5.73 Å². The van der Waals surface area contributed by atoms with Crippen molar-refractivity contribution in [3.63, 3.8) is 0 Å². The van der Waals surface area contributed by atoms with Crippen LogP contribution in [0.15, 0.2) is 36.4 Å². The zero-order valence-corrected chi connectivity index (χ0v) is 16.9. The van der Waals surface area contributed by atoms with Crippen LogP contribution in [0.4, 0.5) is 14.9 Å². The maximum atomic E-state index is 14.4. The van der Waals surface area contributed by atoms with Gasteiger partial charge in [0.25, 0.3) is 5.91 Å². The van der Waals surface area contributed by atoms with Crippen molar-refractivity contribution < 1.29 is 23.5 Å². The van der Waals surface area contributed by atoms with Crippen LogP contribution in [0.5, 0.6) is 5.75 Å². The molecule has 9 heteroatoms. The van der Waals surface area contributed by atoms with Crippen LogP contribution in [0.1, 0.15) is 29.7 Å². The summed E-state index contributed by atoms with van der Waals surface area (Å²) < 4.78 is 24.9. The summed E-state index contributed by atoms with van der Waals surface area (Å²) in [7, 11) is 2.87. The Hall–Kier alpha value is -3.64. The van der Waals surface area contributed by atoms with Gasteiger partial charge in [-0.15, -0.1) is 0 Å². The highest BCUT2D eigenvalue weighted by Crippen LogP contribution is 2.26. The second-order valence-corrected chi connectivity index (χ2v) is 6.29. The molecule has 2 aromatic carbocycles. The quantitative estimate of drug-likeness (QED) is 0.688. The van der Waals surface area contributed by atoms with Crippen molar-refractivity contribution in [3.8, 4) is 11.8 Å². The van der Waals surface area contributed by atoms with Gasteiger partial charge in [0.2, 0.25) is 0 Å². The van der Waals surface area contributed by atoms with Crippen LogP contribution in [-0.2, 0) is 16.1 Å². The fourth-order valence-electron chi connectivity index (χ4n) is 2.81. The lowest BCUT2D eigenvalue weighted by Crippen LogP contribution is -2.34. The number of hydrogen-bond donors (Lipinski definition) is 2. The Morgan fingerprint density at radius 2 is 2.03 bits per heavy atom. The molecule has 3 amide bonds. The lowest BCUT2D eigenvalue weighted by molar-refractivity contribution is -0.133. The molecular weight excluding hydrogens is 391 g/mol. The average Bonchev–Trinajstić information content (AvgIpc) is 2.75. The molecule has 0 fully saturated rings. The monoisotopic (exact) mass is 414 g/mol. The normalized spacial score (nSPS) is 11.3. The molecule has 1 atom stereocenters. The van der Waals surface area contributed by atoms with Crippen molar-refractivity contribution >= 4 is 17.6 Å². The zero-order valence-electron chi connectivity index (χ0n) is 16.9. The highest BCUT2D eigenvalue weighted by atomic mass is 19.1. The van der Waals surface area contributed by atoms with Gasteiger partial charge in [-0.1, -0.05) is 6.07 Å². The van der Waals surface area contributed by atoms with Crippen molar-refractivity contribution in [1.82, 2.24) is 5.32 Å². The molecule has 0 saturated carbocycles. The summed E-state index contributed by atoms with van der Waals surface area (Å²) in [6, 6.07) is 10.1. The molecule has 0 radical (unpaired) electrons. The number of hydrogen-bond acceptors (Lipinski definition) is 5. The van der Waals surface area contributed by atoms with Crippen LogP contribution in [0.25, 0.3) is 0 Å². The van der Waals surface area contributed by atoms with E-state index < -0.39 is 23.9 Å².